The summed E-state index contributed by atoms with van der Waals surface area (Å²) in [5.74, 6) is 0.906. The lowest BCUT2D eigenvalue weighted by Crippen LogP contribution is -2.42. The van der Waals surface area contributed by atoms with Crippen molar-refractivity contribution in [3.05, 3.63) is 0 Å². The monoisotopic (exact) mass is 241 g/mol. The van der Waals surface area contributed by atoms with Gasteiger partial charge in [0.25, 0.3) is 0 Å². The average Bonchev–Trinajstić information content (AvgIpc) is 2.26. The molecule has 1 nitrogen and oxygen atoms in total. The highest BCUT2D eigenvalue weighted by Gasteiger charge is 2.26. The molecule has 0 aromatic carbocycles. The fourth-order valence-electron chi connectivity index (χ4n) is 2.38. The molecule has 0 fully saturated rings. The van der Waals surface area contributed by atoms with Gasteiger partial charge in [0.15, 0.2) is 0 Å². The highest BCUT2D eigenvalue weighted by molar-refractivity contribution is 4.82. The van der Waals surface area contributed by atoms with Crippen molar-refractivity contribution in [2.45, 2.75) is 86.1 Å². The molecule has 104 valence electrons. The van der Waals surface area contributed by atoms with Gasteiger partial charge in [-0.2, -0.15) is 0 Å². The third-order valence-corrected chi connectivity index (χ3v) is 3.80. The Morgan fingerprint density at radius 1 is 1.00 bits per heavy atom. The Hall–Kier alpha value is -0.0400. The van der Waals surface area contributed by atoms with Crippen LogP contribution < -0.4 is 5.32 Å². The molecule has 0 spiro atoms. The second-order valence-corrected chi connectivity index (χ2v) is 6.52. The molecule has 0 aromatic rings. The highest BCUT2D eigenvalue weighted by Crippen LogP contribution is 2.28. The van der Waals surface area contributed by atoms with Crippen molar-refractivity contribution in [3.8, 4) is 0 Å². The van der Waals surface area contributed by atoms with Crippen molar-refractivity contribution in [1.29, 1.82) is 0 Å². The van der Waals surface area contributed by atoms with Gasteiger partial charge in [0.1, 0.15) is 0 Å². The van der Waals surface area contributed by atoms with Gasteiger partial charge in [-0.3, -0.25) is 0 Å². The quantitative estimate of drug-likeness (QED) is 0.598. The molecule has 0 aliphatic rings. The molecule has 0 heterocycles. The maximum absolute atomic E-state index is 3.75. The van der Waals surface area contributed by atoms with Crippen molar-refractivity contribution >= 4 is 0 Å². The van der Waals surface area contributed by atoms with Gasteiger partial charge in [-0.1, -0.05) is 67.2 Å². The Morgan fingerprint density at radius 2 is 1.65 bits per heavy atom. The minimum Gasteiger partial charge on any atom is -0.313 e. The van der Waals surface area contributed by atoms with Crippen molar-refractivity contribution in [2.24, 2.45) is 11.3 Å². The molecule has 17 heavy (non-hydrogen) atoms. The van der Waals surface area contributed by atoms with Crippen molar-refractivity contribution < 1.29 is 0 Å². The minimum atomic E-state index is 0.384. The van der Waals surface area contributed by atoms with Crippen LogP contribution in [0.3, 0.4) is 0 Å². The second-order valence-electron chi connectivity index (χ2n) is 6.52. The van der Waals surface area contributed by atoms with Gasteiger partial charge < -0.3 is 5.32 Å². The van der Waals surface area contributed by atoms with Crippen LogP contribution in [-0.2, 0) is 0 Å². The van der Waals surface area contributed by atoms with Crippen molar-refractivity contribution in [1.82, 2.24) is 5.32 Å². The van der Waals surface area contributed by atoms with E-state index in [0.717, 1.165) is 12.5 Å². The zero-order valence-electron chi connectivity index (χ0n) is 13.1. The normalized spacial score (nSPS) is 15.9. The Kier molecular flexibility index (Phi) is 8.94. The molecule has 0 bridgehead atoms. The zero-order chi connectivity index (χ0) is 13.3. The molecular formula is C16H35N. The molecule has 2 unspecified atom stereocenters. The van der Waals surface area contributed by atoms with E-state index in [2.05, 4.69) is 46.9 Å². The fourth-order valence-corrected chi connectivity index (χ4v) is 2.38. The molecule has 0 aromatic heterocycles. The van der Waals surface area contributed by atoms with E-state index in [1.54, 1.807) is 0 Å². The molecule has 0 aliphatic heterocycles. The summed E-state index contributed by atoms with van der Waals surface area (Å²) in [6.07, 6.45) is 8.05. The minimum absolute atomic E-state index is 0.384. The van der Waals surface area contributed by atoms with Gasteiger partial charge in [0.05, 0.1) is 0 Å². The maximum atomic E-state index is 3.75. The first-order chi connectivity index (χ1) is 7.95. The molecule has 0 saturated carbocycles. The summed E-state index contributed by atoms with van der Waals surface area (Å²) in [4.78, 5) is 0. The summed E-state index contributed by atoms with van der Waals surface area (Å²) in [7, 11) is 0. The Labute approximate surface area is 110 Å². The highest BCUT2D eigenvalue weighted by atomic mass is 14.9. The summed E-state index contributed by atoms with van der Waals surface area (Å²) in [5.41, 5.74) is 0.384. The van der Waals surface area contributed by atoms with Crippen molar-refractivity contribution in [3.63, 3.8) is 0 Å². The maximum Gasteiger partial charge on any atom is 0.0118 e. The predicted molar refractivity (Wildman–Crippen MR) is 79.5 cm³/mol. The summed E-state index contributed by atoms with van der Waals surface area (Å²) in [6, 6.07) is 0.671. The first-order valence-electron chi connectivity index (χ1n) is 7.69. The van der Waals surface area contributed by atoms with E-state index >= 15 is 0 Å². The number of unbranched alkanes of at least 4 members (excludes halogenated alkanes) is 1. The smallest absolute Gasteiger partial charge is 0.0118 e. The van der Waals surface area contributed by atoms with Crippen LogP contribution in [0.15, 0.2) is 0 Å². The van der Waals surface area contributed by atoms with E-state index in [9.17, 15) is 0 Å². The summed E-state index contributed by atoms with van der Waals surface area (Å²) < 4.78 is 0. The van der Waals surface area contributed by atoms with E-state index in [-0.39, 0.29) is 0 Å². The van der Waals surface area contributed by atoms with Crippen LogP contribution in [0.5, 0.6) is 0 Å². The van der Waals surface area contributed by atoms with E-state index in [1.807, 2.05) is 0 Å². The van der Waals surface area contributed by atoms with Gasteiger partial charge in [-0.25, -0.2) is 0 Å². The average molecular weight is 241 g/mol. The van der Waals surface area contributed by atoms with Gasteiger partial charge in [0, 0.05) is 6.04 Å². The molecule has 0 aliphatic carbocycles. The van der Waals surface area contributed by atoms with E-state index in [4.69, 9.17) is 0 Å². The molecule has 0 amide bonds. The molecule has 0 radical (unpaired) electrons. The third-order valence-electron chi connectivity index (χ3n) is 3.80. The summed E-state index contributed by atoms with van der Waals surface area (Å²) in [5, 5.41) is 3.75. The van der Waals surface area contributed by atoms with Crippen LogP contribution in [0.1, 0.15) is 80.1 Å². The second kappa shape index (κ2) is 8.97. The van der Waals surface area contributed by atoms with E-state index in [0.29, 0.717) is 11.5 Å². The largest absolute Gasteiger partial charge is 0.313 e. The third kappa shape index (κ3) is 7.81. The van der Waals surface area contributed by atoms with Gasteiger partial charge in [0.2, 0.25) is 0 Å². The van der Waals surface area contributed by atoms with Gasteiger partial charge in [-0.05, 0) is 30.7 Å². The fraction of sp³-hybridized carbons (Fsp3) is 1.00. The van der Waals surface area contributed by atoms with E-state index in [1.165, 1.54) is 38.5 Å². The van der Waals surface area contributed by atoms with Crippen LogP contribution in [0, 0.1) is 11.3 Å². The van der Waals surface area contributed by atoms with Crippen LogP contribution in [0.25, 0.3) is 0 Å². The molecular weight excluding hydrogens is 206 g/mol. The van der Waals surface area contributed by atoms with Crippen LogP contribution in [0.2, 0.25) is 0 Å². The van der Waals surface area contributed by atoms with Crippen molar-refractivity contribution in [2.75, 3.05) is 6.54 Å². The first kappa shape index (κ1) is 17.0. The Morgan fingerprint density at radius 3 is 2.06 bits per heavy atom. The Balaban J connectivity index is 4.27. The lowest BCUT2D eigenvalue weighted by Gasteiger charge is -2.34. The number of hydrogen-bond donors (Lipinski definition) is 1. The lowest BCUT2D eigenvalue weighted by molar-refractivity contribution is 0.216. The number of hydrogen-bond acceptors (Lipinski definition) is 1. The Bertz CT molecular complexity index is 169. The molecule has 1 N–H and O–H groups in total. The molecule has 0 rings (SSSR count). The number of nitrogens with one attached hydrogen (secondary N) is 1. The van der Waals surface area contributed by atoms with Crippen LogP contribution in [0.4, 0.5) is 0 Å². The SMILES string of the molecule is CCCCC(CC)CC(NCCC)C(C)(C)C. The van der Waals surface area contributed by atoms with Crippen LogP contribution >= 0.6 is 0 Å². The van der Waals surface area contributed by atoms with Crippen LogP contribution in [-0.4, -0.2) is 12.6 Å². The first-order valence-corrected chi connectivity index (χ1v) is 7.69. The lowest BCUT2D eigenvalue weighted by atomic mass is 9.79. The molecule has 1 heteroatoms. The zero-order valence-corrected chi connectivity index (χ0v) is 13.1. The standard InChI is InChI=1S/C16H35N/c1-7-10-11-14(9-3)13-15(16(4,5)6)17-12-8-2/h14-15,17H,7-13H2,1-6H3. The summed E-state index contributed by atoms with van der Waals surface area (Å²) >= 11 is 0. The predicted octanol–water partition coefficient (Wildman–Crippen LogP) is 5.01. The van der Waals surface area contributed by atoms with E-state index < -0.39 is 0 Å². The number of rotatable bonds is 9. The van der Waals surface area contributed by atoms with Gasteiger partial charge in [-0.15, -0.1) is 0 Å². The summed E-state index contributed by atoms with van der Waals surface area (Å²) in [6.45, 7) is 15.2. The topological polar surface area (TPSA) is 12.0 Å². The molecule has 2 atom stereocenters. The molecule has 0 saturated heterocycles. The van der Waals surface area contributed by atoms with Gasteiger partial charge >= 0.3 is 0 Å².